The molecule has 1 aliphatic heterocycles. The molecule has 3 nitrogen and oxygen atoms in total. The Morgan fingerprint density at radius 2 is 2.00 bits per heavy atom. The molecular formula is C15H32N2O. The van der Waals surface area contributed by atoms with Crippen LogP contribution in [0.15, 0.2) is 0 Å². The highest BCUT2D eigenvalue weighted by Crippen LogP contribution is 2.17. The van der Waals surface area contributed by atoms with Crippen LogP contribution in [0.4, 0.5) is 0 Å². The van der Waals surface area contributed by atoms with E-state index in [-0.39, 0.29) is 0 Å². The lowest BCUT2D eigenvalue weighted by Crippen LogP contribution is -2.38. The van der Waals surface area contributed by atoms with Gasteiger partial charge in [0.05, 0.1) is 6.61 Å². The molecular weight excluding hydrogens is 224 g/mol. The SMILES string of the molecule is COCCNCC1CCN(CCCC(C)C)CC1. The van der Waals surface area contributed by atoms with E-state index in [4.69, 9.17) is 4.74 Å². The van der Waals surface area contributed by atoms with Gasteiger partial charge in [0, 0.05) is 13.7 Å². The van der Waals surface area contributed by atoms with Crippen LogP contribution in [0.1, 0.15) is 39.5 Å². The van der Waals surface area contributed by atoms with Gasteiger partial charge in [-0.05, 0) is 63.7 Å². The van der Waals surface area contributed by atoms with E-state index in [1.54, 1.807) is 7.11 Å². The van der Waals surface area contributed by atoms with Gasteiger partial charge in [0.2, 0.25) is 0 Å². The summed E-state index contributed by atoms with van der Waals surface area (Å²) in [4.78, 5) is 2.65. The van der Waals surface area contributed by atoms with Crippen molar-refractivity contribution in [1.29, 1.82) is 0 Å². The predicted molar refractivity (Wildman–Crippen MR) is 78.0 cm³/mol. The van der Waals surface area contributed by atoms with Crippen molar-refractivity contribution in [2.24, 2.45) is 11.8 Å². The molecule has 1 heterocycles. The molecule has 0 radical (unpaired) electrons. The summed E-state index contributed by atoms with van der Waals surface area (Å²) in [6.07, 6.45) is 5.47. The molecule has 0 aromatic rings. The number of piperidine rings is 1. The molecule has 1 saturated heterocycles. The number of rotatable bonds is 9. The first-order valence-corrected chi connectivity index (χ1v) is 7.64. The van der Waals surface area contributed by atoms with Gasteiger partial charge >= 0.3 is 0 Å². The van der Waals surface area contributed by atoms with Crippen LogP contribution in [0.3, 0.4) is 0 Å². The number of nitrogens with one attached hydrogen (secondary N) is 1. The highest BCUT2D eigenvalue weighted by molar-refractivity contribution is 4.73. The number of hydrogen-bond donors (Lipinski definition) is 1. The molecule has 0 bridgehead atoms. The van der Waals surface area contributed by atoms with Gasteiger partial charge in [0.15, 0.2) is 0 Å². The Kier molecular flexibility index (Phi) is 8.64. The van der Waals surface area contributed by atoms with Crippen LogP contribution < -0.4 is 5.32 Å². The fourth-order valence-electron chi connectivity index (χ4n) is 2.62. The molecule has 0 aromatic heterocycles. The molecule has 0 aromatic carbocycles. The smallest absolute Gasteiger partial charge is 0.0587 e. The van der Waals surface area contributed by atoms with E-state index in [1.165, 1.54) is 51.9 Å². The zero-order chi connectivity index (χ0) is 13.2. The van der Waals surface area contributed by atoms with Crippen molar-refractivity contribution in [2.75, 3.05) is 46.4 Å². The van der Waals surface area contributed by atoms with Crippen molar-refractivity contribution in [3.8, 4) is 0 Å². The minimum atomic E-state index is 0.827. The topological polar surface area (TPSA) is 24.5 Å². The molecule has 1 aliphatic rings. The lowest BCUT2D eigenvalue weighted by Gasteiger charge is -2.32. The summed E-state index contributed by atoms with van der Waals surface area (Å²) in [5.74, 6) is 1.73. The third kappa shape index (κ3) is 7.34. The summed E-state index contributed by atoms with van der Waals surface area (Å²) in [6.45, 7) is 11.5. The van der Waals surface area contributed by atoms with Gasteiger partial charge in [-0.3, -0.25) is 0 Å². The van der Waals surface area contributed by atoms with Gasteiger partial charge in [-0.25, -0.2) is 0 Å². The van der Waals surface area contributed by atoms with E-state index in [1.807, 2.05) is 0 Å². The summed E-state index contributed by atoms with van der Waals surface area (Å²) >= 11 is 0. The fraction of sp³-hybridized carbons (Fsp3) is 1.00. The lowest BCUT2D eigenvalue weighted by molar-refractivity contribution is 0.170. The van der Waals surface area contributed by atoms with Crippen molar-refractivity contribution in [3.63, 3.8) is 0 Å². The number of likely N-dealkylation sites (tertiary alicyclic amines) is 1. The van der Waals surface area contributed by atoms with Crippen molar-refractivity contribution < 1.29 is 4.74 Å². The van der Waals surface area contributed by atoms with Gasteiger partial charge in [-0.15, -0.1) is 0 Å². The molecule has 0 amide bonds. The average Bonchev–Trinajstić information content (AvgIpc) is 2.36. The molecule has 0 aliphatic carbocycles. The Hall–Kier alpha value is -0.120. The molecule has 1 fully saturated rings. The first-order valence-electron chi connectivity index (χ1n) is 7.64. The van der Waals surface area contributed by atoms with E-state index >= 15 is 0 Å². The second kappa shape index (κ2) is 9.76. The average molecular weight is 256 g/mol. The van der Waals surface area contributed by atoms with Crippen molar-refractivity contribution in [3.05, 3.63) is 0 Å². The minimum Gasteiger partial charge on any atom is -0.383 e. The standard InChI is InChI=1S/C15H32N2O/c1-14(2)5-4-9-17-10-6-15(7-11-17)13-16-8-12-18-3/h14-16H,4-13H2,1-3H3. The summed E-state index contributed by atoms with van der Waals surface area (Å²) in [5.41, 5.74) is 0. The number of methoxy groups -OCH3 is 1. The Morgan fingerprint density at radius 1 is 1.28 bits per heavy atom. The van der Waals surface area contributed by atoms with Crippen LogP contribution in [-0.4, -0.2) is 51.3 Å². The predicted octanol–water partition coefficient (Wildman–Crippen LogP) is 2.37. The fourth-order valence-corrected chi connectivity index (χ4v) is 2.62. The Labute approximate surface area is 113 Å². The van der Waals surface area contributed by atoms with Gasteiger partial charge in [0.1, 0.15) is 0 Å². The molecule has 0 spiro atoms. The highest BCUT2D eigenvalue weighted by atomic mass is 16.5. The van der Waals surface area contributed by atoms with Crippen LogP contribution in [0.25, 0.3) is 0 Å². The zero-order valence-corrected chi connectivity index (χ0v) is 12.6. The highest BCUT2D eigenvalue weighted by Gasteiger charge is 2.18. The number of nitrogens with zero attached hydrogens (tertiary/aromatic N) is 1. The van der Waals surface area contributed by atoms with E-state index in [0.29, 0.717) is 0 Å². The normalized spacial score (nSPS) is 18.7. The maximum atomic E-state index is 5.04. The Balaban J connectivity index is 1.98. The van der Waals surface area contributed by atoms with E-state index in [2.05, 4.69) is 24.1 Å². The quantitative estimate of drug-likeness (QED) is 0.641. The van der Waals surface area contributed by atoms with Gasteiger partial charge in [-0.2, -0.15) is 0 Å². The molecule has 3 heteroatoms. The molecule has 108 valence electrons. The van der Waals surface area contributed by atoms with Crippen LogP contribution in [0, 0.1) is 11.8 Å². The molecule has 1 N–H and O–H groups in total. The minimum absolute atomic E-state index is 0.827. The van der Waals surface area contributed by atoms with Crippen LogP contribution >= 0.6 is 0 Å². The lowest BCUT2D eigenvalue weighted by atomic mass is 9.96. The number of ether oxygens (including phenoxy) is 1. The van der Waals surface area contributed by atoms with Crippen molar-refractivity contribution >= 4 is 0 Å². The summed E-state index contributed by atoms with van der Waals surface area (Å²) < 4.78 is 5.04. The monoisotopic (exact) mass is 256 g/mol. The van der Waals surface area contributed by atoms with Crippen molar-refractivity contribution in [1.82, 2.24) is 10.2 Å². The third-order valence-corrected chi connectivity index (χ3v) is 3.88. The van der Waals surface area contributed by atoms with E-state index in [9.17, 15) is 0 Å². The molecule has 18 heavy (non-hydrogen) atoms. The second-order valence-corrected chi connectivity index (χ2v) is 6.02. The summed E-state index contributed by atoms with van der Waals surface area (Å²) in [7, 11) is 1.76. The van der Waals surface area contributed by atoms with E-state index < -0.39 is 0 Å². The zero-order valence-electron chi connectivity index (χ0n) is 12.6. The maximum Gasteiger partial charge on any atom is 0.0587 e. The van der Waals surface area contributed by atoms with E-state index in [0.717, 1.165) is 25.0 Å². The Morgan fingerprint density at radius 3 is 2.61 bits per heavy atom. The van der Waals surface area contributed by atoms with Crippen LogP contribution in [-0.2, 0) is 4.74 Å². The van der Waals surface area contributed by atoms with Crippen molar-refractivity contribution in [2.45, 2.75) is 39.5 Å². The van der Waals surface area contributed by atoms with Gasteiger partial charge in [-0.1, -0.05) is 13.8 Å². The third-order valence-electron chi connectivity index (χ3n) is 3.88. The molecule has 1 rings (SSSR count). The van der Waals surface area contributed by atoms with Gasteiger partial charge < -0.3 is 15.0 Å². The molecule has 0 unspecified atom stereocenters. The molecule has 0 saturated carbocycles. The van der Waals surface area contributed by atoms with Crippen LogP contribution in [0.5, 0.6) is 0 Å². The second-order valence-electron chi connectivity index (χ2n) is 6.02. The largest absolute Gasteiger partial charge is 0.383 e. The summed E-state index contributed by atoms with van der Waals surface area (Å²) in [6, 6.07) is 0. The van der Waals surface area contributed by atoms with Crippen LogP contribution in [0.2, 0.25) is 0 Å². The first-order chi connectivity index (χ1) is 8.72. The summed E-state index contributed by atoms with van der Waals surface area (Å²) in [5, 5.41) is 3.49. The first kappa shape index (κ1) is 15.9. The van der Waals surface area contributed by atoms with Gasteiger partial charge in [0.25, 0.3) is 0 Å². The Bertz CT molecular complexity index is 189. The number of hydrogen-bond acceptors (Lipinski definition) is 3. The maximum absolute atomic E-state index is 5.04. The molecule has 0 atom stereocenters.